The molecule has 0 aliphatic carbocycles. The van der Waals surface area contributed by atoms with Gasteiger partial charge in [-0.3, -0.25) is 0 Å². The predicted octanol–water partition coefficient (Wildman–Crippen LogP) is 4.22. The summed E-state index contributed by atoms with van der Waals surface area (Å²) in [6.07, 6.45) is 0. The van der Waals surface area contributed by atoms with Crippen LogP contribution in [0, 0.1) is 11.6 Å². The maximum absolute atomic E-state index is 13.7. The second-order valence-corrected chi connectivity index (χ2v) is 4.99. The van der Waals surface area contributed by atoms with Crippen molar-refractivity contribution in [3.63, 3.8) is 0 Å². The van der Waals surface area contributed by atoms with E-state index in [0.29, 0.717) is 4.47 Å². The molecule has 0 spiro atoms. The number of nitrogens with one attached hydrogen (secondary N) is 1. The van der Waals surface area contributed by atoms with Crippen molar-refractivity contribution in [3.05, 3.63) is 51.1 Å². The number of hydrogen-bond acceptors (Lipinski definition) is 3. The highest BCUT2D eigenvalue weighted by Gasteiger charge is 2.17. The SMILES string of the molecule is O=C(O)c1cc(F)c(Cl)nc1Nc1ccc(Br)cc1F. The maximum Gasteiger partial charge on any atom is 0.339 e. The fourth-order valence-corrected chi connectivity index (χ4v) is 1.92. The highest BCUT2D eigenvalue weighted by atomic mass is 79.9. The summed E-state index contributed by atoms with van der Waals surface area (Å²) in [4.78, 5) is 14.6. The zero-order chi connectivity index (χ0) is 14.9. The van der Waals surface area contributed by atoms with Gasteiger partial charge in [0.05, 0.1) is 5.69 Å². The molecule has 0 amide bonds. The van der Waals surface area contributed by atoms with Crippen LogP contribution in [0.5, 0.6) is 0 Å². The van der Waals surface area contributed by atoms with Crippen molar-refractivity contribution >= 4 is 45.0 Å². The molecule has 0 radical (unpaired) electrons. The lowest BCUT2D eigenvalue weighted by atomic mass is 10.2. The predicted molar refractivity (Wildman–Crippen MR) is 73.5 cm³/mol. The van der Waals surface area contributed by atoms with E-state index in [4.69, 9.17) is 16.7 Å². The van der Waals surface area contributed by atoms with Crippen LogP contribution in [0.25, 0.3) is 0 Å². The van der Waals surface area contributed by atoms with E-state index >= 15 is 0 Å². The Morgan fingerprint density at radius 1 is 1.30 bits per heavy atom. The Morgan fingerprint density at radius 3 is 2.60 bits per heavy atom. The summed E-state index contributed by atoms with van der Waals surface area (Å²) < 4.78 is 27.4. The van der Waals surface area contributed by atoms with Gasteiger partial charge in [0.1, 0.15) is 17.2 Å². The monoisotopic (exact) mass is 362 g/mol. The molecule has 0 saturated carbocycles. The highest BCUT2D eigenvalue weighted by molar-refractivity contribution is 9.10. The number of anilines is 2. The van der Waals surface area contributed by atoms with Crippen LogP contribution < -0.4 is 5.32 Å². The number of hydrogen-bond donors (Lipinski definition) is 2. The molecule has 4 nitrogen and oxygen atoms in total. The van der Waals surface area contributed by atoms with Gasteiger partial charge in [0.2, 0.25) is 0 Å². The molecular weight excluding hydrogens is 357 g/mol. The van der Waals surface area contributed by atoms with Crippen molar-refractivity contribution < 1.29 is 18.7 Å². The first-order valence-corrected chi connectivity index (χ1v) is 6.37. The van der Waals surface area contributed by atoms with Gasteiger partial charge < -0.3 is 10.4 Å². The van der Waals surface area contributed by atoms with E-state index in [1.807, 2.05) is 0 Å². The topological polar surface area (TPSA) is 62.2 Å². The van der Waals surface area contributed by atoms with E-state index < -0.39 is 28.3 Å². The number of aromatic nitrogens is 1. The lowest BCUT2D eigenvalue weighted by molar-refractivity contribution is 0.0697. The second kappa shape index (κ2) is 5.72. The number of aromatic carboxylic acids is 1. The number of carbonyl (C=O) groups is 1. The third kappa shape index (κ3) is 3.05. The average Bonchev–Trinajstić information content (AvgIpc) is 2.36. The summed E-state index contributed by atoms with van der Waals surface area (Å²) in [7, 11) is 0. The first-order chi connectivity index (χ1) is 9.38. The molecule has 0 unspecified atom stereocenters. The number of nitrogens with zero attached hydrogens (tertiary/aromatic N) is 1. The highest BCUT2D eigenvalue weighted by Crippen LogP contribution is 2.26. The number of benzene rings is 1. The fraction of sp³-hybridized carbons (Fsp3) is 0. The largest absolute Gasteiger partial charge is 0.478 e. The Kier molecular flexibility index (Phi) is 4.20. The number of carboxylic acids is 1. The molecule has 1 aromatic heterocycles. The normalized spacial score (nSPS) is 10.4. The van der Waals surface area contributed by atoms with E-state index in [1.54, 1.807) is 6.07 Å². The molecule has 1 heterocycles. The van der Waals surface area contributed by atoms with Crippen molar-refractivity contribution in [3.8, 4) is 0 Å². The number of halogens is 4. The molecule has 0 aliphatic rings. The molecule has 0 saturated heterocycles. The van der Waals surface area contributed by atoms with Crippen LogP contribution in [-0.2, 0) is 0 Å². The van der Waals surface area contributed by atoms with E-state index in [-0.39, 0.29) is 11.5 Å². The molecule has 20 heavy (non-hydrogen) atoms. The summed E-state index contributed by atoms with van der Waals surface area (Å²) in [6, 6.07) is 4.84. The van der Waals surface area contributed by atoms with Crippen molar-refractivity contribution in [1.29, 1.82) is 0 Å². The zero-order valence-corrected chi connectivity index (χ0v) is 12.0. The van der Waals surface area contributed by atoms with Crippen LogP contribution in [0.2, 0.25) is 5.15 Å². The Bertz CT molecular complexity index is 697. The molecule has 1 aromatic carbocycles. The Balaban J connectivity index is 2.47. The van der Waals surface area contributed by atoms with Gasteiger partial charge in [0.25, 0.3) is 0 Å². The zero-order valence-electron chi connectivity index (χ0n) is 9.62. The van der Waals surface area contributed by atoms with Gasteiger partial charge in [-0.25, -0.2) is 18.6 Å². The van der Waals surface area contributed by atoms with Gasteiger partial charge in [0.15, 0.2) is 11.0 Å². The maximum atomic E-state index is 13.7. The minimum absolute atomic E-state index is 0.00845. The molecule has 8 heteroatoms. The van der Waals surface area contributed by atoms with Crippen LogP contribution in [0.4, 0.5) is 20.3 Å². The molecule has 0 bridgehead atoms. The number of rotatable bonds is 3. The number of carboxylic acid groups (broad SMARTS) is 1. The van der Waals surface area contributed by atoms with Crippen molar-refractivity contribution in [2.24, 2.45) is 0 Å². The summed E-state index contributed by atoms with van der Waals surface area (Å²) in [5, 5.41) is 11.0. The molecule has 0 aliphatic heterocycles. The van der Waals surface area contributed by atoms with Gasteiger partial charge >= 0.3 is 5.97 Å². The third-order valence-corrected chi connectivity index (χ3v) is 3.11. The molecule has 0 atom stereocenters. The minimum atomic E-state index is -1.41. The van der Waals surface area contributed by atoms with Crippen molar-refractivity contribution in [1.82, 2.24) is 4.98 Å². The molecule has 104 valence electrons. The van der Waals surface area contributed by atoms with Crippen LogP contribution in [0.3, 0.4) is 0 Å². The minimum Gasteiger partial charge on any atom is -0.478 e. The summed E-state index contributed by atoms with van der Waals surface area (Å²) in [5.41, 5.74) is -0.458. The van der Waals surface area contributed by atoms with Gasteiger partial charge in [-0.2, -0.15) is 0 Å². The van der Waals surface area contributed by atoms with Crippen LogP contribution in [0.1, 0.15) is 10.4 Å². The molecular formula is C12H6BrClF2N2O2. The fourth-order valence-electron chi connectivity index (χ4n) is 1.44. The molecule has 2 rings (SSSR count). The van der Waals surface area contributed by atoms with Gasteiger partial charge in [-0.15, -0.1) is 0 Å². The van der Waals surface area contributed by atoms with E-state index in [2.05, 4.69) is 26.2 Å². The van der Waals surface area contributed by atoms with E-state index in [1.165, 1.54) is 12.1 Å². The van der Waals surface area contributed by atoms with E-state index in [0.717, 1.165) is 6.07 Å². The third-order valence-electron chi connectivity index (χ3n) is 2.35. The lowest BCUT2D eigenvalue weighted by Crippen LogP contribution is -2.07. The molecule has 2 N–H and O–H groups in total. The summed E-state index contributed by atoms with van der Waals surface area (Å²) >= 11 is 8.59. The summed E-state index contributed by atoms with van der Waals surface area (Å²) in [5.74, 6) is -3.25. The summed E-state index contributed by atoms with van der Waals surface area (Å²) in [6.45, 7) is 0. The van der Waals surface area contributed by atoms with Gasteiger partial charge in [0, 0.05) is 4.47 Å². The Morgan fingerprint density at radius 2 is 2.00 bits per heavy atom. The van der Waals surface area contributed by atoms with E-state index in [9.17, 15) is 13.6 Å². The average molecular weight is 364 g/mol. The smallest absolute Gasteiger partial charge is 0.339 e. The molecule has 2 aromatic rings. The van der Waals surface area contributed by atoms with Crippen molar-refractivity contribution in [2.75, 3.05) is 5.32 Å². The lowest BCUT2D eigenvalue weighted by Gasteiger charge is -2.10. The van der Waals surface area contributed by atoms with Gasteiger partial charge in [-0.1, -0.05) is 27.5 Å². The number of pyridine rings is 1. The molecule has 0 fully saturated rings. The van der Waals surface area contributed by atoms with Crippen molar-refractivity contribution in [2.45, 2.75) is 0 Å². The standard InChI is InChI=1S/C12H6BrClF2N2O2/c13-5-1-2-9(7(15)3-5)17-11-6(12(19)20)4-8(16)10(14)18-11/h1-4H,(H,17,18)(H,19,20). The first-order valence-electron chi connectivity index (χ1n) is 5.20. The van der Waals surface area contributed by atoms with Crippen LogP contribution in [0.15, 0.2) is 28.7 Å². The Hall–Kier alpha value is -1.73. The quantitative estimate of drug-likeness (QED) is 0.802. The van der Waals surface area contributed by atoms with Crippen LogP contribution in [-0.4, -0.2) is 16.1 Å². The second-order valence-electron chi connectivity index (χ2n) is 3.71. The Labute approximate surface area is 125 Å². The van der Waals surface area contributed by atoms with Crippen LogP contribution >= 0.6 is 27.5 Å². The van der Waals surface area contributed by atoms with Gasteiger partial charge in [-0.05, 0) is 24.3 Å². The first kappa shape index (κ1) is 14.7.